The van der Waals surface area contributed by atoms with Gasteiger partial charge in [0.05, 0.1) is 0 Å². The van der Waals surface area contributed by atoms with Gasteiger partial charge in [-0.1, -0.05) is 49.8 Å². The zero-order valence-corrected chi connectivity index (χ0v) is 12.0. The van der Waals surface area contributed by atoms with Gasteiger partial charge < -0.3 is 4.74 Å². The van der Waals surface area contributed by atoms with E-state index in [9.17, 15) is 0 Å². The average molecular weight is 244 g/mol. The van der Waals surface area contributed by atoms with Crippen molar-refractivity contribution in [3.8, 4) is 0 Å². The van der Waals surface area contributed by atoms with Crippen molar-refractivity contribution in [1.29, 1.82) is 0 Å². The van der Waals surface area contributed by atoms with Crippen molar-refractivity contribution < 1.29 is 4.74 Å². The average Bonchev–Trinajstić information content (AvgIpc) is 2.34. The molecule has 0 amide bonds. The van der Waals surface area contributed by atoms with Gasteiger partial charge in [0, 0.05) is 7.11 Å². The minimum Gasteiger partial charge on any atom is -0.372 e. The van der Waals surface area contributed by atoms with Gasteiger partial charge in [-0.3, -0.25) is 0 Å². The van der Waals surface area contributed by atoms with Crippen molar-refractivity contribution in [2.45, 2.75) is 46.1 Å². The van der Waals surface area contributed by atoms with Gasteiger partial charge in [-0.15, -0.1) is 0 Å². The summed E-state index contributed by atoms with van der Waals surface area (Å²) in [6.07, 6.45) is 3.88. The summed E-state index contributed by atoms with van der Waals surface area (Å²) in [7, 11) is 1.82. The molecule has 1 nitrogen and oxygen atoms in total. The Morgan fingerprint density at radius 1 is 1.17 bits per heavy atom. The van der Waals surface area contributed by atoms with E-state index >= 15 is 0 Å². The van der Waals surface area contributed by atoms with Gasteiger partial charge >= 0.3 is 0 Å². The summed E-state index contributed by atoms with van der Waals surface area (Å²) in [6.45, 7) is 6.96. The highest BCUT2D eigenvalue weighted by atomic mass is 16.5. The molecule has 1 aromatic rings. The highest BCUT2D eigenvalue weighted by molar-refractivity contribution is 5.34. The Bertz CT molecular complexity index is 428. The van der Waals surface area contributed by atoms with Crippen LogP contribution in [0.25, 0.3) is 0 Å². The molecule has 0 radical (unpaired) electrons. The molecule has 0 saturated carbocycles. The van der Waals surface area contributed by atoms with Crippen LogP contribution in [0.1, 0.15) is 51.7 Å². The Morgan fingerprint density at radius 2 is 1.83 bits per heavy atom. The molecular weight excluding hydrogens is 220 g/mol. The van der Waals surface area contributed by atoms with E-state index in [0.29, 0.717) is 0 Å². The van der Waals surface area contributed by atoms with Gasteiger partial charge in [0.25, 0.3) is 0 Å². The Labute approximate surface area is 111 Å². The summed E-state index contributed by atoms with van der Waals surface area (Å²) < 4.78 is 5.82. The standard InChI is InChI=1S/C17H24O/c1-13-9-8-12-17(2,3)15(13)16(18-4)14-10-6-5-7-11-14/h5-7,10-11,16H,8-9,12H2,1-4H3. The van der Waals surface area contributed by atoms with E-state index in [1.807, 2.05) is 7.11 Å². The third kappa shape index (κ3) is 2.51. The van der Waals surface area contributed by atoms with Crippen LogP contribution < -0.4 is 0 Å². The largest absolute Gasteiger partial charge is 0.372 e. The molecule has 98 valence electrons. The Kier molecular flexibility index (Phi) is 3.91. The number of hydrogen-bond donors (Lipinski definition) is 0. The molecule has 1 aliphatic rings. The van der Waals surface area contributed by atoms with Crippen LogP contribution in [0.15, 0.2) is 41.5 Å². The minimum atomic E-state index is 0.112. The lowest BCUT2D eigenvalue weighted by Crippen LogP contribution is -2.26. The molecule has 0 spiro atoms. The first-order valence-electron chi connectivity index (χ1n) is 6.84. The van der Waals surface area contributed by atoms with E-state index in [1.54, 1.807) is 0 Å². The molecule has 18 heavy (non-hydrogen) atoms. The van der Waals surface area contributed by atoms with E-state index in [4.69, 9.17) is 4.74 Å². The van der Waals surface area contributed by atoms with Crippen LogP contribution in [0.2, 0.25) is 0 Å². The molecule has 2 rings (SSSR count). The van der Waals surface area contributed by atoms with Gasteiger partial charge in [0.1, 0.15) is 6.10 Å². The zero-order chi connectivity index (χ0) is 13.2. The highest BCUT2D eigenvalue weighted by Crippen LogP contribution is 2.47. The molecule has 0 heterocycles. The third-order valence-corrected chi connectivity index (χ3v) is 4.14. The van der Waals surface area contributed by atoms with Crippen molar-refractivity contribution >= 4 is 0 Å². The zero-order valence-electron chi connectivity index (χ0n) is 12.0. The second-order valence-corrected chi connectivity index (χ2v) is 5.96. The second kappa shape index (κ2) is 5.27. The SMILES string of the molecule is COC(C1=C(C)CCCC1(C)C)c1ccccc1. The Balaban J connectivity index is 2.44. The molecule has 0 bridgehead atoms. The summed E-state index contributed by atoms with van der Waals surface area (Å²) >= 11 is 0. The van der Waals surface area contributed by atoms with E-state index < -0.39 is 0 Å². The van der Waals surface area contributed by atoms with Gasteiger partial charge in [0.15, 0.2) is 0 Å². The minimum absolute atomic E-state index is 0.112. The van der Waals surface area contributed by atoms with Gasteiger partial charge in [-0.25, -0.2) is 0 Å². The number of hydrogen-bond acceptors (Lipinski definition) is 1. The Morgan fingerprint density at radius 3 is 2.39 bits per heavy atom. The molecule has 1 aliphatic carbocycles. The van der Waals surface area contributed by atoms with Crippen LogP contribution in [0.4, 0.5) is 0 Å². The lowest BCUT2D eigenvalue weighted by molar-refractivity contribution is 0.106. The summed E-state index contributed by atoms with van der Waals surface area (Å²) in [5, 5.41) is 0. The van der Waals surface area contributed by atoms with Crippen molar-refractivity contribution in [3.05, 3.63) is 47.0 Å². The van der Waals surface area contributed by atoms with Gasteiger partial charge in [-0.2, -0.15) is 0 Å². The van der Waals surface area contributed by atoms with Gasteiger partial charge in [0.2, 0.25) is 0 Å². The number of allylic oxidation sites excluding steroid dienone is 1. The predicted molar refractivity (Wildman–Crippen MR) is 76.5 cm³/mol. The first-order chi connectivity index (χ1) is 8.56. The fourth-order valence-electron chi connectivity index (χ4n) is 3.27. The number of benzene rings is 1. The second-order valence-electron chi connectivity index (χ2n) is 5.96. The molecule has 1 unspecified atom stereocenters. The van der Waals surface area contributed by atoms with Crippen LogP contribution in [0.3, 0.4) is 0 Å². The fraction of sp³-hybridized carbons (Fsp3) is 0.529. The quantitative estimate of drug-likeness (QED) is 0.687. The monoisotopic (exact) mass is 244 g/mol. The molecular formula is C17H24O. The van der Waals surface area contributed by atoms with E-state index in [2.05, 4.69) is 51.1 Å². The Hall–Kier alpha value is -1.08. The lowest BCUT2D eigenvalue weighted by atomic mass is 9.69. The number of rotatable bonds is 3. The van der Waals surface area contributed by atoms with E-state index in [0.717, 1.165) is 0 Å². The number of ether oxygens (including phenoxy) is 1. The highest BCUT2D eigenvalue weighted by Gasteiger charge is 2.34. The first-order valence-corrected chi connectivity index (χ1v) is 6.84. The first kappa shape index (κ1) is 13.4. The predicted octanol–water partition coefficient (Wildman–Crippen LogP) is 4.90. The van der Waals surface area contributed by atoms with Crippen LogP contribution in [-0.4, -0.2) is 7.11 Å². The molecule has 0 aliphatic heterocycles. The van der Waals surface area contributed by atoms with Crippen LogP contribution in [0.5, 0.6) is 0 Å². The van der Waals surface area contributed by atoms with Gasteiger partial charge in [-0.05, 0) is 42.7 Å². The molecule has 1 heteroatoms. The van der Waals surface area contributed by atoms with Crippen LogP contribution in [0, 0.1) is 5.41 Å². The van der Waals surface area contributed by atoms with E-state index in [-0.39, 0.29) is 11.5 Å². The van der Waals surface area contributed by atoms with Crippen LogP contribution in [-0.2, 0) is 4.74 Å². The summed E-state index contributed by atoms with van der Waals surface area (Å²) in [5.41, 5.74) is 4.52. The van der Waals surface area contributed by atoms with E-state index in [1.165, 1.54) is 36.0 Å². The topological polar surface area (TPSA) is 9.23 Å². The lowest BCUT2D eigenvalue weighted by Gasteiger charge is -2.38. The van der Waals surface area contributed by atoms with Crippen LogP contribution >= 0.6 is 0 Å². The molecule has 0 N–H and O–H groups in total. The molecule has 0 saturated heterocycles. The smallest absolute Gasteiger partial charge is 0.104 e. The van der Waals surface area contributed by atoms with Crippen molar-refractivity contribution in [3.63, 3.8) is 0 Å². The number of methoxy groups -OCH3 is 1. The summed E-state index contributed by atoms with van der Waals surface area (Å²) in [5.74, 6) is 0. The molecule has 1 atom stereocenters. The normalized spacial score (nSPS) is 20.9. The summed E-state index contributed by atoms with van der Waals surface area (Å²) in [4.78, 5) is 0. The maximum Gasteiger partial charge on any atom is 0.104 e. The van der Waals surface area contributed by atoms with Crippen molar-refractivity contribution in [2.75, 3.05) is 7.11 Å². The molecule has 1 aromatic carbocycles. The molecule has 0 fully saturated rings. The van der Waals surface area contributed by atoms with Crippen molar-refractivity contribution in [1.82, 2.24) is 0 Å². The maximum absolute atomic E-state index is 5.82. The fourth-order valence-corrected chi connectivity index (χ4v) is 3.27. The third-order valence-electron chi connectivity index (χ3n) is 4.14. The van der Waals surface area contributed by atoms with Crippen molar-refractivity contribution in [2.24, 2.45) is 5.41 Å². The molecule has 0 aromatic heterocycles. The summed E-state index contributed by atoms with van der Waals surface area (Å²) in [6, 6.07) is 10.6. The maximum atomic E-state index is 5.82.